The normalized spacial score (nSPS) is 18.2. The number of benzene rings is 1. The van der Waals surface area contributed by atoms with E-state index < -0.39 is 0 Å². The number of para-hydroxylation sites is 1. The standard InChI is InChI=1S/C16H24N2O3/c1-17-14-7-5-9-18(15-8-4-3-6-13(14)15)16(19)12-21-11-10-20-2/h3-4,6,8,14,17H,5,7,9-12H2,1-2H3. The molecule has 0 radical (unpaired) electrons. The predicted octanol–water partition coefficient (Wildman–Crippen LogP) is 1.74. The summed E-state index contributed by atoms with van der Waals surface area (Å²) in [5.74, 6) is 0.00954. The summed E-state index contributed by atoms with van der Waals surface area (Å²) in [7, 11) is 3.58. The quantitative estimate of drug-likeness (QED) is 0.811. The number of ether oxygens (including phenoxy) is 2. The van der Waals surface area contributed by atoms with E-state index in [4.69, 9.17) is 9.47 Å². The highest BCUT2D eigenvalue weighted by molar-refractivity contribution is 5.95. The van der Waals surface area contributed by atoms with E-state index >= 15 is 0 Å². The molecule has 1 aliphatic rings. The Bertz CT molecular complexity index is 465. The van der Waals surface area contributed by atoms with Gasteiger partial charge in [-0.2, -0.15) is 0 Å². The monoisotopic (exact) mass is 292 g/mol. The average Bonchev–Trinajstić information content (AvgIpc) is 2.70. The summed E-state index contributed by atoms with van der Waals surface area (Å²) in [5.41, 5.74) is 2.18. The molecule has 0 aliphatic carbocycles. The number of hydrogen-bond acceptors (Lipinski definition) is 4. The van der Waals surface area contributed by atoms with Gasteiger partial charge in [0, 0.05) is 25.4 Å². The zero-order valence-corrected chi connectivity index (χ0v) is 12.8. The van der Waals surface area contributed by atoms with E-state index in [9.17, 15) is 4.79 Å². The predicted molar refractivity (Wildman–Crippen MR) is 82.5 cm³/mol. The number of anilines is 1. The number of rotatable bonds is 6. The van der Waals surface area contributed by atoms with Crippen LogP contribution in [0.25, 0.3) is 0 Å². The molecule has 1 unspecified atom stereocenters. The fourth-order valence-corrected chi connectivity index (χ4v) is 2.70. The van der Waals surface area contributed by atoms with Gasteiger partial charge in [0.25, 0.3) is 5.91 Å². The Morgan fingerprint density at radius 1 is 1.38 bits per heavy atom. The molecule has 0 spiro atoms. The van der Waals surface area contributed by atoms with Crippen molar-refractivity contribution in [1.82, 2.24) is 5.32 Å². The second-order valence-electron chi connectivity index (χ2n) is 5.13. The van der Waals surface area contributed by atoms with Crippen LogP contribution in [-0.2, 0) is 14.3 Å². The molecule has 1 aromatic carbocycles. The molecule has 1 N–H and O–H groups in total. The Kier molecular flexibility index (Phi) is 6.17. The Morgan fingerprint density at radius 2 is 2.19 bits per heavy atom. The minimum Gasteiger partial charge on any atom is -0.382 e. The van der Waals surface area contributed by atoms with Gasteiger partial charge in [0.2, 0.25) is 0 Å². The zero-order chi connectivity index (χ0) is 15.1. The van der Waals surface area contributed by atoms with E-state index in [0.717, 1.165) is 25.1 Å². The van der Waals surface area contributed by atoms with E-state index in [-0.39, 0.29) is 12.5 Å². The van der Waals surface area contributed by atoms with Crippen LogP contribution < -0.4 is 10.2 Å². The van der Waals surface area contributed by atoms with Gasteiger partial charge in [0.1, 0.15) is 6.61 Å². The van der Waals surface area contributed by atoms with Crippen molar-refractivity contribution in [2.24, 2.45) is 0 Å². The van der Waals surface area contributed by atoms with Gasteiger partial charge in [0.15, 0.2) is 0 Å². The molecule has 1 aliphatic heterocycles. The summed E-state index contributed by atoms with van der Waals surface area (Å²) in [6.07, 6.45) is 2.01. The SMILES string of the molecule is CNC1CCCN(C(=O)COCCOC)c2ccccc21. The van der Waals surface area contributed by atoms with Gasteiger partial charge < -0.3 is 19.7 Å². The summed E-state index contributed by atoms with van der Waals surface area (Å²) >= 11 is 0. The summed E-state index contributed by atoms with van der Waals surface area (Å²) in [5, 5.41) is 3.33. The second-order valence-corrected chi connectivity index (χ2v) is 5.13. The topological polar surface area (TPSA) is 50.8 Å². The number of carbonyl (C=O) groups is 1. The summed E-state index contributed by atoms with van der Waals surface area (Å²) in [6.45, 7) is 1.78. The molecule has 1 heterocycles. The van der Waals surface area contributed by atoms with Crippen molar-refractivity contribution in [1.29, 1.82) is 0 Å². The third-order valence-corrected chi connectivity index (χ3v) is 3.78. The van der Waals surface area contributed by atoms with Crippen LogP contribution in [-0.4, -0.2) is 46.4 Å². The third kappa shape index (κ3) is 4.03. The summed E-state index contributed by atoms with van der Waals surface area (Å²) in [4.78, 5) is 14.3. The molecule has 1 atom stereocenters. The van der Waals surface area contributed by atoms with E-state index in [2.05, 4.69) is 11.4 Å². The number of methoxy groups -OCH3 is 1. The molecule has 1 aromatic rings. The molecule has 116 valence electrons. The molecule has 2 rings (SSSR count). The average molecular weight is 292 g/mol. The van der Waals surface area contributed by atoms with Gasteiger partial charge in [0.05, 0.1) is 13.2 Å². The first-order valence-electron chi connectivity index (χ1n) is 7.41. The van der Waals surface area contributed by atoms with Gasteiger partial charge in [-0.15, -0.1) is 0 Å². The Balaban J connectivity index is 2.10. The highest BCUT2D eigenvalue weighted by Crippen LogP contribution is 2.32. The minimum atomic E-state index is 0.00954. The van der Waals surface area contributed by atoms with Crippen LogP contribution in [0.3, 0.4) is 0 Å². The number of hydrogen-bond donors (Lipinski definition) is 1. The molecule has 5 nitrogen and oxygen atoms in total. The molecule has 0 fully saturated rings. The largest absolute Gasteiger partial charge is 0.382 e. The molecule has 1 amide bonds. The van der Waals surface area contributed by atoms with Crippen LogP contribution in [0.5, 0.6) is 0 Å². The third-order valence-electron chi connectivity index (χ3n) is 3.78. The van der Waals surface area contributed by atoms with Gasteiger partial charge in [-0.25, -0.2) is 0 Å². The molecule has 0 saturated heterocycles. The lowest BCUT2D eigenvalue weighted by atomic mass is 10.0. The van der Waals surface area contributed by atoms with Crippen LogP contribution in [0.1, 0.15) is 24.4 Å². The van der Waals surface area contributed by atoms with Crippen molar-refractivity contribution in [2.45, 2.75) is 18.9 Å². The van der Waals surface area contributed by atoms with Gasteiger partial charge in [-0.3, -0.25) is 4.79 Å². The summed E-state index contributed by atoms with van der Waals surface area (Å²) in [6, 6.07) is 8.40. The molecule has 0 bridgehead atoms. The number of amides is 1. The molecular formula is C16H24N2O3. The Morgan fingerprint density at radius 3 is 2.95 bits per heavy atom. The molecule has 0 saturated carbocycles. The van der Waals surface area contributed by atoms with Crippen molar-refractivity contribution in [3.63, 3.8) is 0 Å². The first kappa shape index (κ1) is 15.9. The van der Waals surface area contributed by atoms with Crippen molar-refractivity contribution in [3.8, 4) is 0 Å². The summed E-state index contributed by atoms with van der Waals surface area (Å²) < 4.78 is 10.3. The highest BCUT2D eigenvalue weighted by atomic mass is 16.5. The molecule has 5 heteroatoms. The van der Waals surface area contributed by atoms with E-state index in [1.807, 2.05) is 30.1 Å². The van der Waals surface area contributed by atoms with E-state index in [0.29, 0.717) is 19.3 Å². The minimum absolute atomic E-state index is 0.00954. The zero-order valence-electron chi connectivity index (χ0n) is 12.8. The first-order chi connectivity index (χ1) is 10.3. The Labute approximate surface area is 126 Å². The maximum atomic E-state index is 12.4. The maximum absolute atomic E-state index is 12.4. The first-order valence-corrected chi connectivity index (χ1v) is 7.41. The maximum Gasteiger partial charge on any atom is 0.252 e. The number of nitrogens with one attached hydrogen (secondary N) is 1. The van der Waals surface area contributed by atoms with E-state index in [1.54, 1.807) is 7.11 Å². The van der Waals surface area contributed by atoms with Gasteiger partial charge >= 0.3 is 0 Å². The van der Waals surface area contributed by atoms with Crippen LogP contribution in [0.4, 0.5) is 5.69 Å². The number of fused-ring (bicyclic) bond motifs is 1. The van der Waals surface area contributed by atoms with Crippen LogP contribution in [0, 0.1) is 0 Å². The Hall–Kier alpha value is -1.43. The van der Waals surface area contributed by atoms with Crippen LogP contribution in [0.15, 0.2) is 24.3 Å². The highest BCUT2D eigenvalue weighted by Gasteiger charge is 2.25. The lowest BCUT2D eigenvalue weighted by Gasteiger charge is -2.24. The van der Waals surface area contributed by atoms with E-state index in [1.165, 1.54) is 5.56 Å². The second kappa shape index (κ2) is 8.12. The lowest BCUT2D eigenvalue weighted by Crippen LogP contribution is -2.35. The fourth-order valence-electron chi connectivity index (χ4n) is 2.70. The van der Waals surface area contributed by atoms with Crippen molar-refractivity contribution >= 4 is 11.6 Å². The van der Waals surface area contributed by atoms with Crippen molar-refractivity contribution in [2.75, 3.05) is 45.4 Å². The molecular weight excluding hydrogens is 268 g/mol. The van der Waals surface area contributed by atoms with Gasteiger partial charge in [-0.1, -0.05) is 18.2 Å². The fraction of sp³-hybridized carbons (Fsp3) is 0.562. The number of carbonyl (C=O) groups excluding carboxylic acids is 1. The van der Waals surface area contributed by atoms with Gasteiger partial charge in [-0.05, 0) is 31.5 Å². The van der Waals surface area contributed by atoms with Crippen LogP contribution >= 0.6 is 0 Å². The van der Waals surface area contributed by atoms with Crippen molar-refractivity contribution < 1.29 is 14.3 Å². The van der Waals surface area contributed by atoms with Crippen LogP contribution in [0.2, 0.25) is 0 Å². The molecule has 21 heavy (non-hydrogen) atoms. The smallest absolute Gasteiger partial charge is 0.252 e. The lowest BCUT2D eigenvalue weighted by molar-refractivity contribution is -0.123. The molecule has 0 aromatic heterocycles. The van der Waals surface area contributed by atoms with Crippen molar-refractivity contribution in [3.05, 3.63) is 29.8 Å². The number of nitrogens with zero attached hydrogens (tertiary/aromatic N) is 1.